The molecule has 0 aliphatic heterocycles. The molecule has 1 aromatic carbocycles. The average Bonchev–Trinajstić information content (AvgIpc) is 2.29. The number of carboxylic acids is 1. The second kappa shape index (κ2) is 9.14. The van der Waals surface area contributed by atoms with Gasteiger partial charge in [-0.15, -0.1) is 0 Å². The van der Waals surface area contributed by atoms with Gasteiger partial charge >= 0.3 is 29.6 Å². The molecule has 4 nitrogen and oxygen atoms in total. The Hall–Kier alpha value is -0.840. The molecule has 1 aromatic rings. The van der Waals surface area contributed by atoms with Crippen molar-refractivity contribution in [1.82, 2.24) is 5.32 Å². The minimum Gasteiger partial charge on any atom is -0.550 e. The molecule has 92 valence electrons. The Labute approximate surface area is 129 Å². The van der Waals surface area contributed by atoms with E-state index in [0.29, 0.717) is 12.0 Å². The smallest absolute Gasteiger partial charge is 0.550 e. The van der Waals surface area contributed by atoms with Crippen molar-refractivity contribution in [3.63, 3.8) is 0 Å². The van der Waals surface area contributed by atoms with Crippen LogP contribution >= 0.6 is 0 Å². The molecular weight excluding hydrogens is 241 g/mol. The Morgan fingerprint density at radius 1 is 1.28 bits per heavy atom. The number of carbonyl (C=O) groups excluding carboxylic acids is 2. The van der Waals surface area contributed by atoms with Gasteiger partial charge in [-0.1, -0.05) is 31.5 Å². The van der Waals surface area contributed by atoms with Crippen molar-refractivity contribution in [3.05, 3.63) is 35.9 Å². The molecule has 0 spiro atoms. The number of carboxylic acid groups (broad SMARTS) is 1. The Bertz CT molecular complexity index is 381. The first-order chi connectivity index (χ1) is 8.13. The van der Waals surface area contributed by atoms with Gasteiger partial charge in [-0.25, -0.2) is 0 Å². The molecule has 0 saturated heterocycles. The minimum atomic E-state index is -1.14. The number of rotatable bonds is 6. The summed E-state index contributed by atoms with van der Waals surface area (Å²) in [6.45, 7) is 1.94. The molecule has 0 heterocycles. The van der Waals surface area contributed by atoms with Crippen LogP contribution in [-0.2, 0) is 4.79 Å². The van der Waals surface area contributed by atoms with E-state index in [0.717, 1.165) is 6.42 Å². The number of benzene rings is 1. The maximum absolute atomic E-state index is 11.8. The summed E-state index contributed by atoms with van der Waals surface area (Å²) in [6, 6.07) is 8.37. The summed E-state index contributed by atoms with van der Waals surface area (Å²) in [6.07, 6.45) is 1.30. The first-order valence-corrected chi connectivity index (χ1v) is 5.69. The maximum atomic E-state index is 11.8. The van der Waals surface area contributed by atoms with E-state index < -0.39 is 5.97 Å². The largest absolute Gasteiger partial charge is 1.00 e. The summed E-state index contributed by atoms with van der Waals surface area (Å²) in [4.78, 5) is 22.3. The van der Waals surface area contributed by atoms with Crippen LogP contribution in [-0.4, -0.2) is 17.9 Å². The van der Waals surface area contributed by atoms with Crippen LogP contribution in [0, 0.1) is 0 Å². The first-order valence-electron chi connectivity index (χ1n) is 5.69. The van der Waals surface area contributed by atoms with E-state index in [1.54, 1.807) is 24.3 Å². The van der Waals surface area contributed by atoms with E-state index in [1.165, 1.54) is 0 Å². The van der Waals surface area contributed by atoms with Crippen LogP contribution in [0.2, 0.25) is 0 Å². The van der Waals surface area contributed by atoms with E-state index in [4.69, 9.17) is 0 Å². The van der Waals surface area contributed by atoms with Gasteiger partial charge < -0.3 is 15.2 Å². The van der Waals surface area contributed by atoms with Crippen molar-refractivity contribution in [2.45, 2.75) is 32.2 Å². The average molecular weight is 257 g/mol. The molecule has 0 radical (unpaired) electrons. The summed E-state index contributed by atoms with van der Waals surface area (Å²) in [7, 11) is 0. The predicted molar refractivity (Wildman–Crippen MR) is 62.2 cm³/mol. The molecule has 1 N–H and O–H groups in total. The van der Waals surface area contributed by atoms with Gasteiger partial charge in [-0.3, -0.25) is 4.79 Å². The van der Waals surface area contributed by atoms with Crippen molar-refractivity contribution in [2.24, 2.45) is 0 Å². The van der Waals surface area contributed by atoms with E-state index in [2.05, 4.69) is 5.32 Å². The van der Waals surface area contributed by atoms with Crippen molar-refractivity contribution in [3.8, 4) is 0 Å². The second-order valence-corrected chi connectivity index (χ2v) is 3.90. The normalized spacial score (nSPS) is 11.2. The summed E-state index contributed by atoms with van der Waals surface area (Å²) in [5, 5.41) is 13.2. The third kappa shape index (κ3) is 6.19. The summed E-state index contributed by atoms with van der Waals surface area (Å²) in [5.41, 5.74) is 0.534. The zero-order valence-electron chi connectivity index (χ0n) is 10.8. The molecule has 0 aliphatic rings. The van der Waals surface area contributed by atoms with E-state index in [9.17, 15) is 14.7 Å². The third-order valence-electron chi connectivity index (χ3n) is 2.42. The zero-order valence-corrected chi connectivity index (χ0v) is 12.8. The minimum absolute atomic E-state index is 0. The monoisotopic (exact) mass is 257 g/mol. The third-order valence-corrected chi connectivity index (χ3v) is 2.42. The van der Waals surface area contributed by atoms with Crippen LogP contribution in [0.4, 0.5) is 0 Å². The Balaban J connectivity index is 0.00000289. The Morgan fingerprint density at radius 3 is 2.39 bits per heavy atom. The molecule has 1 amide bonds. The van der Waals surface area contributed by atoms with Crippen LogP contribution in [0.25, 0.3) is 0 Å². The molecule has 1 rings (SSSR count). The molecule has 0 aromatic heterocycles. The topological polar surface area (TPSA) is 69.2 Å². The molecule has 0 saturated carbocycles. The van der Waals surface area contributed by atoms with Crippen molar-refractivity contribution >= 4 is 11.9 Å². The Morgan fingerprint density at radius 2 is 1.89 bits per heavy atom. The quantitative estimate of drug-likeness (QED) is 0.584. The van der Waals surface area contributed by atoms with Gasteiger partial charge in [0.25, 0.3) is 5.91 Å². The van der Waals surface area contributed by atoms with Gasteiger partial charge in [0.05, 0.1) is 0 Å². The molecule has 5 heteroatoms. The Kier molecular flexibility index (Phi) is 8.71. The van der Waals surface area contributed by atoms with Gasteiger partial charge in [-0.05, 0) is 18.6 Å². The molecule has 0 bridgehead atoms. The van der Waals surface area contributed by atoms with E-state index in [-0.39, 0.29) is 47.9 Å². The maximum Gasteiger partial charge on any atom is 1.00 e. The molecular formula is C13H16NNaO3. The zero-order chi connectivity index (χ0) is 12.7. The van der Waals surface area contributed by atoms with Crippen LogP contribution < -0.4 is 40.0 Å². The van der Waals surface area contributed by atoms with Crippen LogP contribution in [0.3, 0.4) is 0 Å². The summed E-state index contributed by atoms with van der Waals surface area (Å²) in [5.74, 6) is -1.39. The fourth-order valence-electron chi connectivity index (χ4n) is 1.63. The molecule has 1 atom stereocenters. The number of hydrogen-bond donors (Lipinski definition) is 1. The van der Waals surface area contributed by atoms with Crippen molar-refractivity contribution < 1.29 is 44.3 Å². The fraction of sp³-hybridized carbons (Fsp3) is 0.385. The number of amides is 1. The number of nitrogens with one attached hydrogen (secondary N) is 1. The summed E-state index contributed by atoms with van der Waals surface area (Å²) >= 11 is 0. The SMILES string of the molecule is CCCC(CC(=O)[O-])NC(=O)c1ccccc1.[Na+]. The summed E-state index contributed by atoms with van der Waals surface area (Å²) < 4.78 is 0. The molecule has 18 heavy (non-hydrogen) atoms. The number of hydrogen-bond acceptors (Lipinski definition) is 3. The number of aliphatic carboxylic acids is 1. The van der Waals surface area contributed by atoms with Gasteiger partial charge in [0, 0.05) is 24.0 Å². The number of carbonyl (C=O) groups is 2. The molecule has 1 unspecified atom stereocenters. The predicted octanol–water partition coefficient (Wildman–Crippen LogP) is -2.27. The van der Waals surface area contributed by atoms with Gasteiger partial charge in [0.2, 0.25) is 0 Å². The van der Waals surface area contributed by atoms with Crippen LogP contribution in [0.1, 0.15) is 36.5 Å². The van der Waals surface area contributed by atoms with Gasteiger partial charge in [0.15, 0.2) is 0 Å². The molecule has 0 fully saturated rings. The van der Waals surface area contributed by atoms with E-state index in [1.807, 2.05) is 13.0 Å². The fourth-order valence-corrected chi connectivity index (χ4v) is 1.63. The first kappa shape index (κ1) is 17.2. The van der Waals surface area contributed by atoms with Crippen molar-refractivity contribution in [2.75, 3.05) is 0 Å². The second-order valence-electron chi connectivity index (χ2n) is 3.90. The van der Waals surface area contributed by atoms with E-state index >= 15 is 0 Å². The van der Waals surface area contributed by atoms with Gasteiger partial charge in [-0.2, -0.15) is 0 Å². The standard InChI is InChI=1S/C13H17NO3.Na/c1-2-6-11(9-12(15)16)14-13(17)10-7-4-3-5-8-10;/h3-5,7-8,11H,2,6,9H2,1H3,(H,14,17)(H,15,16);/q;+1/p-1. The van der Waals surface area contributed by atoms with Crippen molar-refractivity contribution in [1.29, 1.82) is 0 Å². The van der Waals surface area contributed by atoms with Crippen LogP contribution in [0.15, 0.2) is 30.3 Å². The molecule has 0 aliphatic carbocycles. The van der Waals surface area contributed by atoms with Crippen LogP contribution in [0.5, 0.6) is 0 Å². The van der Waals surface area contributed by atoms with Gasteiger partial charge in [0.1, 0.15) is 0 Å².